The summed E-state index contributed by atoms with van der Waals surface area (Å²) in [5.41, 5.74) is 3.87. The lowest BCUT2D eigenvalue weighted by molar-refractivity contribution is -0.123. The molecule has 1 saturated carbocycles. The Morgan fingerprint density at radius 3 is 0.862 bits per heavy atom. The molecule has 4 N–H and O–H groups in total. The summed E-state index contributed by atoms with van der Waals surface area (Å²) in [6, 6.07) is 17.9. The molecule has 6 rings (SSSR count). The monoisotopic (exact) mass is 2190 g/mol. The molecule has 3 aromatic carbocycles. The lowest BCUT2D eigenvalue weighted by Gasteiger charge is -2.48. The Bertz CT molecular complexity index is 3860. The number of ether oxygens (including phenoxy) is 29. The van der Waals surface area contributed by atoms with Gasteiger partial charge in [-0.05, 0) is 103 Å². The van der Waals surface area contributed by atoms with Gasteiger partial charge in [0, 0.05) is 91.9 Å². The summed E-state index contributed by atoms with van der Waals surface area (Å²) in [6.07, 6.45) is 2.15. The molecule has 6 atom stereocenters. The number of nitrogens with one attached hydrogen (secondary N) is 4. The fourth-order valence-corrected chi connectivity index (χ4v) is 18.6. The molecule has 2 aliphatic heterocycles. The Hall–Kier alpha value is -3.66. The zero-order chi connectivity index (χ0) is 103. The Morgan fingerprint density at radius 1 is 0.303 bits per heavy atom. The van der Waals surface area contributed by atoms with Gasteiger partial charge in [-0.15, -0.1) is 23.2 Å². The number of halogens is 4. The van der Waals surface area contributed by atoms with Crippen molar-refractivity contribution in [3.8, 4) is 0 Å². The number of amides is 2. The first kappa shape index (κ1) is 130. The van der Waals surface area contributed by atoms with Crippen molar-refractivity contribution in [1.29, 1.82) is 0 Å². The molecule has 2 heterocycles. The normalized spacial score (nSPS) is 16.8. The van der Waals surface area contributed by atoms with Crippen LogP contribution in [-0.2, 0) is 174 Å². The summed E-state index contributed by atoms with van der Waals surface area (Å²) in [4.78, 5) is 29.1. The van der Waals surface area contributed by atoms with Gasteiger partial charge in [-0.2, -0.15) is 0 Å². The number of rotatable bonds is 102. The fourth-order valence-electron chi connectivity index (χ4n) is 14.9. The number of hydrogen-bond donors (Lipinski definition) is 4. The maximum absolute atomic E-state index is 13.2. The number of hydrogen-bond acceptors (Lipinski definition) is 37. The molecule has 1 aliphatic carbocycles. The van der Waals surface area contributed by atoms with E-state index in [9.17, 15) is 26.4 Å². The SMILES string of the molecule is CN1Cc2c(Cl)cc(Cl)cc2C(c2cccc(S(=O)(=O)NCCOCCOCCOCCOCCOCCOCCOCCOCCOCCOCCNC(=O)CCOCCOCCOCCOCCOCCOCCOCCOCCOCCC(=O)NCCOCCOCCOCCOCCOCCOCCOCCOCCOCCOCCNS(=O)(=O)c3cccc(C4CN(C)CC5C(Cl)CC(Cl)CC45)c3)c2)C1. The van der Waals surface area contributed by atoms with Gasteiger partial charge in [0.15, 0.2) is 0 Å². The van der Waals surface area contributed by atoms with Crippen LogP contribution in [0, 0.1) is 11.8 Å². The second-order valence-corrected chi connectivity index (χ2v) is 38.9. The molecule has 47 heteroatoms. The van der Waals surface area contributed by atoms with Crippen molar-refractivity contribution in [2.45, 2.75) is 64.6 Å². The van der Waals surface area contributed by atoms with Crippen molar-refractivity contribution in [1.82, 2.24) is 29.9 Å². The highest BCUT2D eigenvalue weighted by Crippen LogP contribution is 2.47. The number of nitrogens with zero attached hydrogens (tertiary/aromatic N) is 2. The maximum Gasteiger partial charge on any atom is 0.240 e. The van der Waals surface area contributed by atoms with Crippen LogP contribution in [0.3, 0.4) is 0 Å². The molecule has 0 spiro atoms. The number of benzene rings is 3. The van der Waals surface area contributed by atoms with Gasteiger partial charge in [-0.1, -0.05) is 47.5 Å². The molecule has 2 amide bonds. The van der Waals surface area contributed by atoms with Crippen LogP contribution in [0.2, 0.25) is 10.0 Å². The standard InChI is InChI=1S/C98H166Cl4N6O35S2/c1-107-79-91(89-75-85(99)77-95(101)93(89)81-107)83-5-3-7-87(73-83)144(111,112)105-13-19-119-25-31-125-37-43-131-49-55-137-61-67-142-71-69-140-65-59-135-53-47-129-41-35-123-29-23-117-17-11-103-97(109)9-15-115-21-27-121-33-39-127-45-51-133-57-63-139-64-58-134-52-46-128-40-34-122-28-22-116-16-10-98(110)104-12-18-118-24-30-124-36-42-130-48-54-136-60-66-141-70-72-143-68-62-138-56-50-132-44-38-126-32-26-120-20-14-106-145(113,114)88-8-4-6-84(74-88)92-80-108(2)82-94-90(92)76-86(100)78-96(94)102/h3-8,73-75,77,86,90-92,94,96,105-106H,9-72,76,78-82H2,1-2H3,(H,103,109)(H,104,110). The molecule has 3 aliphatic rings. The molecular weight excluding hydrogens is 2030 g/mol. The van der Waals surface area contributed by atoms with Crippen molar-refractivity contribution in [3.05, 3.63) is 93.0 Å². The molecule has 3 aromatic rings. The average Bonchev–Trinajstić information content (AvgIpc) is 0.775. The number of sulfonamides is 2. The molecule has 0 bridgehead atoms. The van der Waals surface area contributed by atoms with Crippen molar-refractivity contribution >= 4 is 78.3 Å². The predicted molar refractivity (Wildman–Crippen MR) is 543 cm³/mol. The summed E-state index contributed by atoms with van der Waals surface area (Å²) >= 11 is 26.3. The van der Waals surface area contributed by atoms with E-state index in [1.54, 1.807) is 36.4 Å². The second-order valence-electron chi connectivity index (χ2n) is 33.3. The molecule has 1 saturated heterocycles. The third-order valence-electron chi connectivity index (χ3n) is 22.1. The minimum Gasteiger partial charge on any atom is -0.379 e. The zero-order valence-electron chi connectivity index (χ0n) is 85.2. The highest BCUT2D eigenvalue weighted by Gasteiger charge is 2.45. The van der Waals surface area contributed by atoms with E-state index in [4.69, 9.17) is 184 Å². The van der Waals surface area contributed by atoms with Crippen LogP contribution in [0.4, 0.5) is 0 Å². The van der Waals surface area contributed by atoms with Crippen molar-refractivity contribution < 1.29 is 164 Å². The first-order valence-electron chi connectivity index (χ1n) is 50.6. The fraction of sp³-hybridized carbons (Fsp3) is 0.796. The van der Waals surface area contributed by atoms with Crippen molar-refractivity contribution in [2.75, 3.05) is 443 Å². The molecule has 145 heavy (non-hydrogen) atoms. The van der Waals surface area contributed by atoms with E-state index in [1.807, 2.05) is 31.3 Å². The summed E-state index contributed by atoms with van der Waals surface area (Å²) < 4.78 is 219. The highest BCUT2D eigenvalue weighted by atomic mass is 35.5. The van der Waals surface area contributed by atoms with Gasteiger partial charge >= 0.3 is 0 Å². The lowest BCUT2D eigenvalue weighted by Crippen LogP contribution is -2.50. The van der Waals surface area contributed by atoms with Gasteiger partial charge in [0.05, 0.1) is 393 Å². The van der Waals surface area contributed by atoms with E-state index in [1.165, 1.54) is 0 Å². The van der Waals surface area contributed by atoms with E-state index >= 15 is 0 Å². The Balaban J connectivity index is 0.521. The second kappa shape index (κ2) is 88.6. The topological polar surface area (TPSA) is 425 Å². The number of fused-ring (bicyclic) bond motifs is 2. The predicted octanol–water partition coefficient (Wildman–Crippen LogP) is 5.59. The van der Waals surface area contributed by atoms with Crippen LogP contribution in [0.1, 0.15) is 59.8 Å². The molecule has 41 nitrogen and oxygen atoms in total. The van der Waals surface area contributed by atoms with E-state index < -0.39 is 20.0 Å². The molecule has 0 aromatic heterocycles. The van der Waals surface area contributed by atoms with E-state index in [-0.39, 0.29) is 96.6 Å². The summed E-state index contributed by atoms with van der Waals surface area (Å²) in [6.45, 7) is 27.6. The van der Waals surface area contributed by atoms with Gasteiger partial charge < -0.3 is 158 Å². The minimum absolute atomic E-state index is 0.0131. The molecule has 0 radical (unpaired) electrons. The largest absolute Gasteiger partial charge is 0.379 e. The van der Waals surface area contributed by atoms with E-state index in [2.05, 4.69) is 36.9 Å². The van der Waals surface area contributed by atoms with Crippen LogP contribution < -0.4 is 20.1 Å². The van der Waals surface area contributed by atoms with E-state index in [0.29, 0.717) is 405 Å². The van der Waals surface area contributed by atoms with Crippen LogP contribution in [0.15, 0.2) is 70.5 Å². The molecule has 2 fully saturated rings. The van der Waals surface area contributed by atoms with Crippen LogP contribution in [-0.4, -0.2) is 492 Å². The molecule has 6 unspecified atom stereocenters. The van der Waals surface area contributed by atoms with Gasteiger partial charge in [0.1, 0.15) is 0 Å². The quantitative estimate of drug-likeness (QED) is 0.0395. The zero-order valence-corrected chi connectivity index (χ0v) is 89.9. The minimum atomic E-state index is -3.77. The van der Waals surface area contributed by atoms with Gasteiger partial charge in [0.2, 0.25) is 31.9 Å². The first-order chi connectivity index (χ1) is 71.0. The first-order valence-corrected chi connectivity index (χ1v) is 55.2. The van der Waals surface area contributed by atoms with Crippen molar-refractivity contribution in [3.63, 3.8) is 0 Å². The van der Waals surface area contributed by atoms with Crippen LogP contribution in [0.5, 0.6) is 0 Å². The Kier molecular flexibility index (Phi) is 79.5. The summed E-state index contributed by atoms with van der Waals surface area (Å²) in [5, 5.41) is 6.81. The number of carbonyl (C=O) groups is 2. The van der Waals surface area contributed by atoms with Crippen LogP contribution in [0.25, 0.3) is 0 Å². The summed E-state index contributed by atoms with van der Waals surface area (Å²) in [5.74, 6) is 0.462. The third-order valence-corrected chi connectivity index (χ3v) is 26.4. The Morgan fingerprint density at radius 2 is 0.566 bits per heavy atom. The maximum atomic E-state index is 13.2. The smallest absolute Gasteiger partial charge is 0.240 e. The number of likely N-dealkylation sites (tertiary alicyclic amines) is 1. The summed E-state index contributed by atoms with van der Waals surface area (Å²) in [7, 11) is -3.39. The lowest BCUT2D eigenvalue weighted by atomic mass is 9.67. The third kappa shape index (κ3) is 66.9. The molecule has 838 valence electrons. The molecular formula is C98H166Cl4N6O35S2. The number of likely N-dealkylation sites (N-methyl/N-ethyl adjacent to an activating group) is 2. The van der Waals surface area contributed by atoms with Gasteiger partial charge in [-0.25, -0.2) is 26.3 Å². The van der Waals surface area contributed by atoms with Crippen molar-refractivity contribution in [2.24, 2.45) is 11.8 Å². The number of alkyl halides is 2. The van der Waals surface area contributed by atoms with E-state index in [0.717, 1.165) is 48.2 Å². The number of piperidine rings is 1. The highest BCUT2D eigenvalue weighted by molar-refractivity contribution is 7.89. The van der Waals surface area contributed by atoms with Crippen LogP contribution >= 0.6 is 46.4 Å². The average molecular weight is 2190 g/mol. The number of carbonyl (C=O) groups excluding carboxylic acids is 2. The van der Waals surface area contributed by atoms with Gasteiger partial charge in [0.25, 0.3) is 0 Å². The Labute approximate surface area is 879 Å². The van der Waals surface area contributed by atoms with Gasteiger partial charge in [-0.3, -0.25) is 9.59 Å².